The highest BCUT2D eigenvalue weighted by molar-refractivity contribution is 5.80. The van der Waals surface area contributed by atoms with Crippen LogP contribution in [0.25, 0.3) is 16.7 Å². The van der Waals surface area contributed by atoms with Gasteiger partial charge in [0.05, 0.1) is 12.1 Å². The summed E-state index contributed by atoms with van der Waals surface area (Å²) in [5.74, 6) is 0.610. The van der Waals surface area contributed by atoms with E-state index in [1.165, 1.54) is 12.1 Å². The Bertz CT molecular complexity index is 1310. The first-order valence-electron chi connectivity index (χ1n) is 13.0. The van der Waals surface area contributed by atoms with Gasteiger partial charge < -0.3 is 20.9 Å². The molecule has 1 amide bonds. The molecule has 0 atom stereocenters. The molecule has 3 aromatic rings. The van der Waals surface area contributed by atoms with Crippen LogP contribution < -0.4 is 11.1 Å². The number of hydrogen-bond donors (Lipinski definition) is 2. The molecule has 0 saturated carbocycles. The second kappa shape index (κ2) is 11.2. The minimum absolute atomic E-state index is 0.0434. The lowest BCUT2D eigenvalue weighted by molar-refractivity contribution is -0.136. The Kier molecular flexibility index (Phi) is 8.02. The summed E-state index contributed by atoms with van der Waals surface area (Å²) < 4.78 is 13.8. The zero-order chi connectivity index (χ0) is 27.4. The van der Waals surface area contributed by atoms with Crippen molar-refractivity contribution in [1.29, 1.82) is 0 Å². The maximum absolute atomic E-state index is 13.8. The Hall–Kier alpha value is -3.90. The molecule has 0 aliphatic carbocycles. The molecule has 0 radical (unpaired) electrons. The predicted molar refractivity (Wildman–Crippen MR) is 154 cm³/mol. The molecule has 198 valence electrons. The van der Waals surface area contributed by atoms with Gasteiger partial charge in [0.15, 0.2) is 0 Å². The molecule has 1 aliphatic heterocycles. The molecule has 1 saturated heterocycles. The normalized spacial score (nSPS) is 15.9. The predicted octanol–water partition coefficient (Wildman–Crippen LogP) is 6.32. The van der Waals surface area contributed by atoms with Gasteiger partial charge in [0.25, 0.3) is 0 Å². The summed E-state index contributed by atoms with van der Waals surface area (Å²) in [7, 11) is 0. The number of nitrogens with two attached hydrogens (primary N) is 1. The van der Waals surface area contributed by atoms with Crippen molar-refractivity contribution >= 4 is 17.2 Å². The van der Waals surface area contributed by atoms with Crippen molar-refractivity contribution < 1.29 is 9.18 Å². The molecular formula is C32H37FN4O. The van der Waals surface area contributed by atoms with E-state index in [1.54, 1.807) is 4.90 Å². The molecule has 1 aliphatic rings. The number of allylic oxidation sites excluding steroid dienone is 1. The molecule has 6 heteroatoms. The highest BCUT2D eigenvalue weighted by Gasteiger charge is 2.41. The smallest absolute Gasteiger partial charge is 0.237 e. The Balaban J connectivity index is 1.79. The average Bonchev–Trinajstić information content (AvgIpc) is 2.91. The van der Waals surface area contributed by atoms with Crippen molar-refractivity contribution in [3.63, 3.8) is 0 Å². The number of nitrogens with zero attached hydrogens (tertiary/aromatic N) is 2. The van der Waals surface area contributed by atoms with Crippen LogP contribution in [0.4, 0.5) is 10.1 Å². The number of nitrogens with one attached hydrogen (secondary N) is 1. The Morgan fingerprint density at radius 2 is 1.58 bits per heavy atom. The molecular weight excluding hydrogens is 475 g/mol. The standard InChI is InChI=1S/C32H37FN4O/c1-22(2)30(26-11-15-27(33)16-12-26)31(36-19-20-37(29(38)21-34)32(4,5)23(36)3)35-28-17-13-25(14-18-28)24-9-7-6-8-10-24/h6-18,22,35H,3,19-21,34H2,1-2,4-5H3/b31-30+. The molecule has 0 bridgehead atoms. The number of rotatable bonds is 7. The van der Waals surface area contributed by atoms with E-state index in [0.717, 1.165) is 39.5 Å². The summed E-state index contributed by atoms with van der Waals surface area (Å²) >= 11 is 0. The van der Waals surface area contributed by atoms with Crippen molar-refractivity contribution in [3.05, 3.63) is 108 Å². The van der Waals surface area contributed by atoms with Crippen LogP contribution in [0.15, 0.2) is 97.0 Å². The summed E-state index contributed by atoms with van der Waals surface area (Å²) in [5.41, 5.74) is 11.0. The number of carbonyl (C=O) groups excluding carboxylic acids is 1. The fourth-order valence-electron chi connectivity index (χ4n) is 5.06. The molecule has 5 nitrogen and oxygen atoms in total. The number of halogens is 1. The van der Waals surface area contributed by atoms with Crippen LogP contribution in [0.2, 0.25) is 0 Å². The van der Waals surface area contributed by atoms with E-state index < -0.39 is 5.54 Å². The lowest BCUT2D eigenvalue weighted by Gasteiger charge is -2.50. The molecule has 4 rings (SSSR count). The van der Waals surface area contributed by atoms with Crippen molar-refractivity contribution in [2.45, 2.75) is 33.2 Å². The monoisotopic (exact) mass is 512 g/mol. The van der Waals surface area contributed by atoms with Crippen molar-refractivity contribution in [1.82, 2.24) is 9.80 Å². The van der Waals surface area contributed by atoms with Crippen LogP contribution in [0, 0.1) is 11.7 Å². The van der Waals surface area contributed by atoms with Crippen LogP contribution in [-0.4, -0.2) is 40.9 Å². The van der Waals surface area contributed by atoms with Crippen LogP contribution >= 0.6 is 0 Å². The fraction of sp³-hybridized carbons (Fsp3) is 0.281. The highest BCUT2D eigenvalue weighted by atomic mass is 19.1. The second-order valence-corrected chi connectivity index (χ2v) is 10.4. The summed E-state index contributed by atoms with van der Waals surface area (Å²) in [6.45, 7) is 13.7. The van der Waals surface area contributed by atoms with E-state index in [9.17, 15) is 9.18 Å². The molecule has 3 aromatic carbocycles. The van der Waals surface area contributed by atoms with E-state index in [4.69, 9.17) is 5.73 Å². The minimum Gasteiger partial charge on any atom is -0.341 e. The van der Waals surface area contributed by atoms with Gasteiger partial charge in [-0.2, -0.15) is 0 Å². The van der Waals surface area contributed by atoms with E-state index in [0.29, 0.717) is 13.1 Å². The molecule has 38 heavy (non-hydrogen) atoms. The SMILES string of the molecule is C=C1N(/C(Nc2ccc(-c3ccccc3)cc2)=C(/c2ccc(F)cc2)C(C)C)CCN(C(=O)CN)C1(C)C. The quantitative estimate of drug-likeness (QED) is 0.389. The largest absolute Gasteiger partial charge is 0.341 e. The van der Waals surface area contributed by atoms with Gasteiger partial charge >= 0.3 is 0 Å². The van der Waals surface area contributed by atoms with Crippen LogP contribution in [0.1, 0.15) is 33.3 Å². The fourth-order valence-corrected chi connectivity index (χ4v) is 5.06. The molecule has 0 spiro atoms. The summed E-state index contributed by atoms with van der Waals surface area (Å²) in [5, 5.41) is 3.67. The number of benzene rings is 3. The van der Waals surface area contributed by atoms with Crippen LogP contribution in [0.5, 0.6) is 0 Å². The number of hydrogen-bond acceptors (Lipinski definition) is 4. The third-order valence-electron chi connectivity index (χ3n) is 7.24. The van der Waals surface area contributed by atoms with Gasteiger partial charge in [-0.15, -0.1) is 0 Å². The lowest BCUT2D eigenvalue weighted by atomic mass is 9.91. The average molecular weight is 513 g/mol. The first kappa shape index (κ1) is 27.1. The number of anilines is 1. The maximum atomic E-state index is 13.8. The Labute approximate surface area is 225 Å². The minimum atomic E-state index is -0.635. The Morgan fingerprint density at radius 3 is 2.16 bits per heavy atom. The van der Waals surface area contributed by atoms with Gasteiger partial charge in [0.1, 0.15) is 11.6 Å². The van der Waals surface area contributed by atoms with Gasteiger partial charge in [-0.25, -0.2) is 4.39 Å². The third kappa shape index (κ3) is 5.50. The Morgan fingerprint density at radius 1 is 0.974 bits per heavy atom. The zero-order valence-electron chi connectivity index (χ0n) is 22.7. The molecule has 1 fully saturated rings. The lowest BCUT2D eigenvalue weighted by Crippen LogP contribution is -2.60. The van der Waals surface area contributed by atoms with E-state index in [1.807, 2.05) is 44.2 Å². The highest BCUT2D eigenvalue weighted by Crippen LogP contribution is 2.37. The zero-order valence-corrected chi connectivity index (χ0v) is 22.7. The van der Waals surface area contributed by atoms with Crippen molar-refractivity contribution in [3.8, 4) is 11.1 Å². The van der Waals surface area contributed by atoms with Gasteiger partial charge in [-0.05, 0) is 60.7 Å². The number of carbonyl (C=O) groups is 1. The number of amides is 1. The first-order valence-corrected chi connectivity index (χ1v) is 13.0. The second-order valence-electron chi connectivity index (χ2n) is 10.4. The van der Waals surface area contributed by atoms with Crippen molar-refractivity contribution in [2.24, 2.45) is 11.7 Å². The van der Waals surface area contributed by atoms with Gasteiger partial charge in [0, 0.05) is 30.0 Å². The third-order valence-corrected chi connectivity index (χ3v) is 7.24. The van der Waals surface area contributed by atoms with Gasteiger partial charge in [-0.1, -0.05) is 75.0 Å². The van der Waals surface area contributed by atoms with Crippen molar-refractivity contribution in [2.75, 3.05) is 25.0 Å². The topological polar surface area (TPSA) is 61.6 Å². The molecule has 0 aromatic heterocycles. The molecule has 3 N–H and O–H groups in total. The van der Waals surface area contributed by atoms with Crippen LogP contribution in [-0.2, 0) is 4.79 Å². The van der Waals surface area contributed by atoms with Crippen LogP contribution in [0.3, 0.4) is 0 Å². The van der Waals surface area contributed by atoms with E-state index >= 15 is 0 Å². The summed E-state index contributed by atoms with van der Waals surface area (Å²) in [4.78, 5) is 16.6. The van der Waals surface area contributed by atoms with Gasteiger partial charge in [-0.3, -0.25) is 4.79 Å². The number of piperazine rings is 1. The maximum Gasteiger partial charge on any atom is 0.237 e. The summed E-state index contributed by atoms with van der Waals surface area (Å²) in [6, 6.07) is 25.2. The summed E-state index contributed by atoms with van der Waals surface area (Å²) in [6.07, 6.45) is 0. The van der Waals surface area contributed by atoms with E-state index in [2.05, 4.69) is 67.0 Å². The van der Waals surface area contributed by atoms with E-state index in [-0.39, 0.29) is 24.2 Å². The van der Waals surface area contributed by atoms with Gasteiger partial charge in [0.2, 0.25) is 5.91 Å². The first-order chi connectivity index (χ1) is 18.1. The molecule has 1 heterocycles. The molecule has 0 unspecified atom stereocenters.